The molecule has 0 heterocycles. The van der Waals surface area contributed by atoms with Crippen molar-refractivity contribution in [1.82, 2.24) is 5.43 Å². The van der Waals surface area contributed by atoms with Crippen molar-refractivity contribution in [2.75, 3.05) is 5.32 Å². The lowest BCUT2D eigenvalue weighted by molar-refractivity contribution is 0.306. The second-order valence-corrected chi connectivity index (χ2v) is 6.46. The number of nitrogens with one attached hydrogen (secondary N) is 2. The molecule has 3 aromatic rings. The fourth-order valence-corrected chi connectivity index (χ4v) is 2.67. The summed E-state index contributed by atoms with van der Waals surface area (Å²) in [6.45, 7) is 0.406. The molecule has 0 unspecified atom stereocenters. The van der Waals surface area contributed by atoms with E-state index in [-0.39, 0.29) is 0 Å². The summed E-state index contributed by atoms with van der Waals surface area (Å²) in [6, 6.07) is 24.9. The van der Waals surface area contributed by atoms with E-state index < -0.39 is 0 Å². The van der Waals surface area contributed by atoms with E-state index in [2.05, 4.69) is 15.8 Å². The summed E-state index contributed by atoms with van der Waals surface area (Å²) in [5.74, 6) is 0.740. The number of benzene rings is 3. The predicted molar refractivity (Wildman–Crippen MR) is 116 cm³/mol. The number of nitrogens with zero attached hydrogens (tertiary/aromatic N) is 1. The average molecular weight is 396 g/mol. The van der Waals surface area contributed by atoms with Crippen LogP contribution in [-0.4, -0.2) is 11.3 Å². The SMILES string of the molecule is S=C(N/N=C\c1cccc(OCc2ccccc2Cl)c1)Nc1ccccc1. The minimum absolute atomic E-state index is 0.406. The zero-order valence-electron chi connectivity index (χ0n) is 14.4. The Kier molecular flexibility index (Phi) is 6.79. The highest BCUT2D eigenvalue weighted by atomic mass is 35.5. The largest absolute Gasteiger partial charge is 0.489 e. The molecule has 27 heavy (non-hydrogen) atoms. The van der Waals surface area contributed by atoms with E-state index >= 15 is 0 Å². The third-order valence-electron chi connectivity index (χ3n) is 3.62. The minimum atomic E-state index is 0.406. The van der Waals surface area contributed by atoms with Gasteiger partial charge in [-0.15, -0.1) is 0 Å². The van der Waals surface area contributed by atoms with Crippen molar-refractivity contribution in [3.63, 3.8) is 0 Å². The molecule has 0 amide bonds. The molecule has 0 aliphatic carbocycles. The normalized spacial score (nSPS) is 10.6. The van der Waals surface area contributed by atoms with Crippen molar-refractivity contribution in [1.29, 1.82) is 0 Å². The fourth-order valence-electron chi connectivity index (χ4n) is 2.31. The van der Waals surface area contributed by atoms with Gasteiger partial charge in [0, 0.05) is 16.3 Å². The fraction of sp³-hybridized carbons (Fsp3) is 0.0476. The molecule has 0 aliphatic heterocycles. The van der Waals surface area contributed by atoms with Crippen molar-refractivity contribution < 1.29 is 4.74 Å². The summed E-state index contributed by atoms with van der Waals surface area (Å²) in [6.07, 6.45) is 1.68. The van der Waals surface area contributed by atoms with Gasteiger partial charge in [-0.1, -0.05) is 60.1 Å². The zero-order valence-corrected chi connectivity index (χ0v) is 16.0. The van der Waals surface area contributed by atoms with Crippen molar-refractivity contribution in [2.45, 2.75) is 6.61 Å². The molecule has 0 atom stereocenters. The molecule has 3 rings (SSSR count). The van der Waals surface area contributed by atoms with Gasteiger partial charge in [-0.05, 0) is 48.1 Å². The van der Waals surface area contributed by atoms with Crippen LogP contribution in [0.15, 0.2) is 84.0 Å². The summed E-state index contributed by atoms with van der Waals surface area (Å²) >= 11 is 11.4. The average Bonchev–Trinajstić information content (AvgIpc) is 2.68. The summed E-state index contributed by atoms with van der Waals surface area (Å²) in [5, 5.41) is 8.32. The van der Waals surface area contributed by atoms with Gasteiger partial charge >= 0.3 is 0 Å². The number of hydrazone groups is 1. The Morgan fingerprint density at radius 1 is 1.00 bits per heavy atom. The molecule has 2 N–H and O–H groups in total. The summed E-state index contributed by atoms with van der Waals surface area (Å²) in [5.41, 5.74) is 5.53. The summed E-state index contributed by atoms with van der Waals surface area (Å²) in [7, 11) is 0. The molecular formula is C21H18ClN3OS. The van der Waals surface area contributed by atoms with Crippen LogP contribution in [0.1, 0.15) is 11.1 Å². The van der Waals surface area contributed by atoms with E-state index in [9.17, 15) is 0 Å². The first-order chi connectivity index (χ1) is 13.2. The number of thiocarbonyl (C=S) groups is 1. The zero-order chi connectivity index (χ0) is 18.9. The second kappa shape index (κ2) is 9.71. The van der Waals surface area contributed by atoms with Gasteiger partial charge < -0.3 is 10.1 Å². The van der Waals surface area contributed by atoms with Crippen molar-refractivity contribution in [2.24, 2.45) is 5.10 Å². The molecule has 0 radical (unpaired) electrons. The molecule has 0 bridgehead atoms. The topological polar surface area (TPSA) is 45.7 Å². The highest BCUT2D eigenvalue weighted by molar-refractivity contribution is 7.80. The number of anilines is 1. The van der Waals surface area contributed by atoms with E-state index in [1.165, 1.54) is 0 Å². The van der Waals surface area contributed by atoms with Gasteiger partial charge in [-0.25, -0.2) is 0 Å². The third-order valence-corrected chi connectivity index (χ3v) is 4.18. The highest BCUT2D eigenvalue weighted by Gasteiger charge is 2.01. The monoisotopic (exact) mass is 395 g/mol. The van der Waals surface area contributed by atoms with Crippen LogP contribution in [0.5, 0.6) is 5.75 Å². The molecule has 0 aliphatic rings. The molecule has 0 fully saturated rings. The Labute approximate surface area is 168 Å². The van der Waals surface area contributed by atoms with E-state index in [4.69, 9.17) is 28.6 Å². The molecular weight excluding hydrogens is 378 g/mol. The smallest absolute Gasteiger partial charge is 0.191 e. The van der Waals surface area contributed by atoms with Gasteiger partial charge in [0.25, 0.3) is 0 Å². The van der Waals surface area contributed by atoms with Crippen LogP contribution in [-0.2, 0) is 6.61 Å². The Morgan fingerprint density at radius 3 is 2.59 bits per heavy atom. The number of hydrogen-bond donors (Lipinski definition) is 2. The van der Waals surface area contributed by atoms with Crippen molar-refractivity contribution in [3.8, 4) is 5.75 Å². The van der Waals surface area contributed by atoms with Crippen LogP contribution in [0.2, 0.25) is 5.02 Å². The van der Waals surface area contributed by atoms with Crippen molar-refractivity contribution in [3.05, 3.63) is 95.0 Å². The molecule has 3 aromatic carbocycles. The summed E-state index contributed by atoms with van der Waals surface area (Å²) < 4.78 is 5.82. The van der Waals surface area contributed by atoms with Gasteiger partial charge in [0.05, 0.1) is 6.21 Å². The Bertz CT molecular complexity index is 931. The highest BCUT2D eigenvalue weighted by Crippen LogP contribution is 2.19. The first-order valence-corrected chi connectivity index (χ1v) is 9.11. The Balaban J connectivity index is 1.53. The summed E-state index contributed by atoms with van der Waals surface area (Å²) in [4.78, 5) is 0. The second-order valence-electron chi connectivity index (χ2n) is 5.64. The van der Waals surface area contributed by atoms with Crippen LogP contribution in [0, 0.1) is 0 Å². The van der Waals surface area contributed by atoms with Gasteiger partial charge in [-0.2, -0.15) is 5.10 Å². The molecule has 0 saturated carbocycles. The third kappa shape index (κ3) is 6.09. The molecule has 136 valence electrons. The van der Waals surface area contributed by atoms with Crippen molar-refractivity contribution >= 4 is 40.8 Å². The van der Waals surface area contributed by atoms with Gasteiger partial charge in [0.15, 0.2) is 5.11 Å². The lowest BCUT2D eigenvalue weighted by Crippen LogP contribution is -2.23. The van der Waals surface area contributed by atoms with Gasteiger partial charge in [0.2, 0.25) is 0 Å². The van der Waals surface area contributed by atoms with Gasteiger partial charge in [-0.3, -0.25) is 5.43 Å². The lowest BCUT2D eigenvalue weighted by atomic mass is 10.2. The number of hydrogen-bond acceptors (Lipinski definition) is 3. The molecule has 6 heteroatoms. The number of ether oxygens (including phenoxy) is 1. The van der Waals surface area contributed by atoms with E-state index in [1.54, 1.807) is 6.21 Å². The van der Waals surface area contributed by atoms with Crippen LogP contribution < -0.4 is 15.5 Å². The first kappa shape index (κ1) is 18.9. The Hall–Kier alpha value is -2.89. The van der Waals surface area contributed by atoms with E-state index in [0.717, 1.165) is 22.6 Å². The van der Waals surface area contributed by atoms with Crippen LogP contribution >= 0.6 is 23.8 Å². The van der Waals surface area contributed by atoms with E-state index in [1.807, 2.05) is 78.9 Å². The quantitative estimate of drug-likeness (QED) is 0.340. The number of halogens is 1. The molecule has 0 aromatic heterocycles. The van der Waals surface area contributed by atoms with Crippen LogP contribution in [0.4, 0.5) is 5.69 Å². The predicted octanol–water partition coefficient (Wildman–Crippen LogP) is 5.24. The Morgan fingerprint density at radius 2 is 1.78 bits per heavy atom. The maximum atomic E-state index is 6.15. The maximum absolute atomic E-state index is 6.15. The number of para-hydroxylation sites is 1. The minimum Gasteiger partial charge on any atom is -0.489 e. The lowest BCUT2D eigenvalue weighted by Gasteiger charge is -2.08. The molecule has 4 nitrogen and oxygen atoms in total. The van der Waals surface area contributed by atoms with E-state index in [0.29, 0.717) is 16.7 Å². The van der Waals surface area contributed by atoms with Crippen LogP contribution in [0.25, 0.3) is 0 Å². The van der Waals surface area contributed by atoms with Crippen LogP contribution in [0.3, 0.4) is 0 Å². The first-order valence-electron chi connectivity index (χ1n) is 8.32. The molecule has 0 spiro atoms. The molecule has 0 saturated heterocycles. The maximum Gasteiger partial charge on any atom is 0.191 e. The van der Waals surface area contributed by atoms with Gasteiger partial charge in [0.1, 0.15) is 12.4 Å². The number of rotatable bonds is 6. The standard InChI is InChI=1S/C21H18ClN3OS/c22-20-12-5-4-8-17(20)15-26-19-11-6-7-16(13-19)14-23-25-21(27)24-18-9-2-1-3-10-18/h1-14H,15H2,(H2,24,25,27)/b23-14-.